The summed E-state index contributed by atoms with van der Waals surface area (Å²) in [5.74, 6) is -0.586. The van der Waals surface area contributed by atoms with E-state index in [2.05, 4.69) is 15.6 Å². The standard InChI is InChI=1S/C17H14N6O3S/c1-10-12(8-5-9-13(10)23(25)26)19-20-15-14(11-6-3-2-4-7-11)21-22(16(15)24)17(18)27/h2-9,19H,1H3,(H2,18,27)/b20-15+. The van der Waals surface area contributed by atoms with Crippen LogP contribution in [0.2, 0.25) is 0 Å². The van der Waals surface area contributed by atoms with Crippen molar-refractivity contribution in [3.8, 4) is 0 Å². The molecule has 9 nitrogen and oxygen atoms in total. The lowest BCUT2D eigenvalue weighted by molar-refractivity contribution is -0.385. The molecular formula is C17H14N6O3S. The molecule has 136 valence electrons. The molecule has 3 rings (SSSR count). The maximum absolute atomic E-state index is 12.6. The molecule has 0 atom stereocenters. The molecule has 0 saturated heterocycles. The highest BCUT2D eigenvalue weighted by Gasteiger charge is 2.34. The van der Waals surface area contributed by atoms with Crippen molar-refractivity contribution in [2.24, 2.45) is 15.9 Å². The van der Waals surface area contributed by atoms with Gasteiger partial charge in [0.15, 0.2) is 10.8 Å². The molecule has 1 heterocycles. The lowest BCUT2D eigenvalue weighted by Gasteiger charge is -2.08. The molecule has 27 heavy (non-hydrogen) atoms. The van der Waals surface area contributed by atoms with Crippen molar-refractivity contribution in [2.45, 2.75) is 6.92 Å². The van der Waals surface area contributed by atoms with Gasteiger partial charge in [-0.1, -0.05) is 36.4 Å². The average molecular weight is 382 g/mol. The first-order chi connectivity index (χ1) is 12.9. The Balaban J connectivity index is 2.00. The van der Waals surface area contributed by atoms with E-state index in [-0.39, 0.29) is 16.5 Å². The summed E-state index contributed by atoms with van der Waals surface area (Å²) in [5.41, 5.74) is 9.94. The molecule has 1 aliphatic rings. The van der Waals surface area contributed by atoms with Gasteiger partial charge in [-0.2, -0.15) is 15.2 Å². The first-order valence-electron chi connectivity index (χ1n) is 7.76. The van der Waals surface area contributed by atoms with Gasteiger partial charge in [-0.15, -0.1) is 0 Å². The van der Waals surface area contributed by atoms with Gasteiger partial charge in [-0.25, -0.2) is 0 Å². The van der Waals surface area contributed by atoms with E-state index in [0.29, 0.717) is 22.5 Å². The highest BCUT2D eigenvalue weighted by atomic mass is 32.1. The Kier molecular flexibility index (Phi) is 4.90. The van der Waals surface area contributed by atoms with Crippen LogP contribution in [0.3, 0.4) is 0 Å². The lowest BCUT2D eigenvalue weighted by Crippen LogP contribution is -2.36. The summed E-state index contributed by atoms with van der Waals surface area (Å²) in [6, 6.07) is 13.5. The SMILES string of the molecule is Cc1c(N/N=C2/C(=O)N(C(N)=S)N=C2c2ccccc2)cccc1[N+](=O)[O-]. The van der Waals surface area contributed by atoms with Crippen molar-refractivity contribution >= 4 is 46.0 Å². The first kappa shape index (κ1) is 18.1. The van der Waals surface area contributed by atoms with Crippen LogP contribution in [0, 0.1) is 17.0 Å². The van der Waals surface area contributed by atoms with E-state index in [9.17, 15) is 14.9 Å². The predicted octanol–water partition coefficient (Wildman–Crippen LogP) is 2.16. The van der Waals surface area contributed by atoms with Crippen LogP contribution in [0.4, 0.5) is 11.4 Å². The lowest BCUT2D eigenvalue weighted by atomic mass is 10.1. The van der Waals surface area contributed by atoms with Crippen molar-refractivity contribution in [3.63, 3.8) is 0 Å². The van der Waals surface area contributed by atoms with Crippen molar-refractivity contribution < 1.29 is 9.72 Å². The number of thiocarbonyl (C=S) groups is 1. The summed E-state index contributed by atoms with van der Waals surface area (Å²) in [6.07, 6.45) is 0. The maximum Gasteiger partial charge on any atom is 0.303 e. The summed E-state index contributed by atoms with van der Waals surface area (Å²) in [4.78, 5) is 23.2. The zero-order chi connectivity index (χ0) is 19.6. The van der Waals surface area contributed by atoms with Crippen LogP contribution in [-0.2, 0) is 4.79 Å². The summed E-state index contributed by atoms with van der Waals surface area (Å²) in [7, 11) is 0. The highest BCUT2D eigenvalue weighted by Crippen LogP contribution is 2.25. The molecule has 0 saturated carbocycles. The van der Waals surface area contributed by atoms with Gasteiger partial charge in [0.2, 0.25) is 0 Å². The number of benzene rings is 2. The zero-order valence-electron chi connectivity index (χ0n) is 14.1. The average Bonchev–Trinajstić information content (AvgIpc) is 2.98. The van der Waals surface area contributed by atoms with Gasteiger partial charge >= 0.3 is 5.91 Å². The van der Waals surface area contributed by atoms with Crippen LogP contribution in [0.5, 0.6) is 0 Å². The molecule has 0 unspecified atom stereocenters. The zero-order valence-corrected chi connectivity index (χ0v) is 14.9. The normalized spacial score (nSPS) is 15.0. The Morgan fingerprint density at radius 1 is 1.26 bits per heavy atom. The first-order valence-corrected chi connectivity index (χ1v) is 8.17. The number of nitro groups is 1. The fourth-order valence-electron chi connectivity index (χ4n) is 2.49. The van der Waals surface area contributed by atoms with Gasteiger partial charge in [0.25, 0.3) is 5.69 Å². The Labute approximate surface area is 159 Å². The minimum atomic E-state index is -0.586. The van der Waals surface area contributed by atoms with Gasteiger partial charge < -0.3 is 5.73 Å². The molecule has 0 spiro atoms. The molecule has 0 bridgehead atoms. The molecule has 1 aliphatic heterocycles. The predicted molar refractivity (Wildman–Crippen MR) is 106 cm³/mol. The molecule has 0 radical (unpaired) electrons. The van der Waals surface area contributed by atoms with Crippen molar-refractivity contribution in [1.82, 2.24) is 5.01 Å². The second-order valence-corrected chi connectivity index (χ2v) is 5.97. The largest absolute Gasteiger partial charge is 0.374 e. The third-order valence-electron chi connectivity index (χ3n) is 3.87. The molecule has 2 aromatic rings. The number of hydrazone groups is 2. The quantitative estimate of drug-likeness (QED) is 0.474. The molecule has 3 N–H and O–H groups in total. The highest BCUT2D eigenvalue weighted by molar-refractivity contribution is 7.80. The topological polar surface area (TPSA) is 126 Å². The summed E-state index contributed by atoms with van der Waals surface area (Å²) in [6.45, 7) is 1.59. The van der Waals surface area contributed by atoms with Crippen molar-refractivity contribution in [2.75, 3.05) is 5.43 Å². The summed E-state index contributed by atoms with van der Waals surface area (Å²) >= 11 is 4.86. The Morgan fingerprint density at radius 2 is 1.96 bits per heavy atom. The number of hydrogen-bond donors (Lipinski definition) is 2. The van der Waals surface area contributed by atoms with Crippen molar-refractivity contribution in [1.29, 1.82) is 0 Å². The maximum atomic E-state index is 12.6. The summed E-state index contributed by atoms with van der Waals surface area (Å²) in [5, 5.41) is 20.0. The number of nitro benzene ring substituents is 1. The van der Waals surface area contributed by atoms with E-state index in [4.69, 9.17) is 18.0 Å². The smallest absolute Gasteiger partial charge is 0.303 e. The van der Waals surface area contributed by atoms with E-state index >= 15 is 0 Å². The number of nitrogens with one attached hydrogen (secondary N) is 1. The van der Waals surface area contributed by atoms with Gasteiger partial charge in [-0.3, -0.25) is 20.3 Å². The van der Waals surface area contributed by atoms with Gasteiger partial charge in [0, 0.05) is 11.6 Å². The number of rotatable bonds is 4. The van der Waals surface area contributed by atoms with Crippen LogP contribution in [0.25, 0.3) is 0 Å². The van der Waals surface area contributed by atoms with Crippen LogP contribution >= 0.6 is 12.2 Å². The second kappa shape index (κ2) is 7.30. The number of hydrogen-bond acceptors (Lipinski definition) is 7. The minimum Gasteiger partial charge on any atom is -0.374 e. The number of nitrogens with two attached hydrogens (primary N) is 1. The fourth-order valence-corrected chi connectivity index (χ4v) is 2.62. The van der Waals surface area contributed by atoms with Gasteiger partial charge in [-0.05, 0) is 25.2 Å². The van der Waals surface area contributed by atoms with Crippen molar-refractivity contribution in [3.05, 3.63) is 69.8 Å². The molecule has 1 amide bonds. The number of carbonyl (C=O) groups excluding carboxylic acids is 1. The number of anilines is 1. The van der Waals surface area contributed by atoms with E-state index < -0.39 is 10.8 Å². The van der Waals surface area contributed by atoms with E-state index in [0.717, 1.165) is 5.01 Å². The van der Waals surface area contributed by atoms with Crippen LogP contribution in [-0.4, -0.2) is 32.4 Å². The Morgan fingerprint density at radius 3 is 2.59 bits per heavy atom. The Bertz CT molecular complexity index is 1000. The van der Waals surface area contributed by atoms with E-state index in [1.54, 1.807) is 37.3 Å². The molecular weight excluding hydrogens is 368 g/mol. The van der Waals surface area contributed by atoms with Crippen LogP contribution < -0.4 is 11.2 Å². The fraction of sp³-hybridized carbons (Fsp3) is 0.0588. The van der Waals surface area contributed by atoms with Crippen LogP contribution in [0.1, 0.15) is 11.1 Å². The summed E-state index contributed by atoms with van der Waals surface area (Å²) < 4.78 is 0. The third-order valence-corrected chi connectivity index (χ3v) is 4.04. The van der Waals surface area contributed by atoms with Gasteiger partial charge in [0.05, 0.1) is 16.2 Å². The molecule has 0 aromatic heterocycles. The Hall–Kier alpha value is -3.66. The van der Waals surface area contributed by atoms with Crippen LogP contribution in [0.15, 0.2) is 58.7 Å². The number of nitrogens with zero attached hydrogens (tertiary/aromatic N) is 4. The number of amides is 1. The molecule has 10 heteroatoms. The third kappa shape index (κ3) is 3.51. The van der Waals surface area contributed by atoms with E-state index in [1.807, 2.05) is 6.07 Å². The molecule has 0 fully saturated rings. The molecule has 0 aliphatic carbocycles. The monoisotopic (exact) mass is 382 g/mol. The van der Waals surface area contributed by atoms with Gasteiger partial charge in [0.1, 0.15) is 5.71 Å². The van der Waals surface area contributed by atoms with E-state index in [1.165, 1.54) is 12.1 Å². The second-order valence-electron chi connectivity index (χ2n) is 5.55. The molecule has 2 aromatic carbocycles. The number of carbonyl (C=O) groups is 1. The minimum absolute atomic E-state index is 0.0000869.